The van der Waals surface area contributed by atoms with Crippen LogP contribution in [0.5, 0.6) is 0 Å². The smallest absolute Gasteiger partial charge is 0.366 e. The van der Waals surface area contributed by atoms with Gasteiger partial charge in [0.1, 0.15) is 30.0 Å². The van der Waals surface area contributed by atoms with Crippen molar-refractivity contribution in [1.82, 2.24) is 20.3 Å². The van der Waals surface area contributed by atoms with Gasteiger partial charge in [0.15, 0.2) is 0 Å². The van der Waals surface area contributed by atoms with Crippen LogP contribution in [0.25, 0.3) is 11.1 Å². The highest BCUT2D eigenvalue weighted by atomic mass is 19.4. The Morgan fingerprint density at radius 3 is 2.32 bits per heavy atom. The zero-order chi connectivity index (χ0) is 32.3. The molecule has 0 fully saturated rings. The summed E-state index contributed by atoms with van der Waals surface area (Å²) in [5.41, 5.74) is 6.30. The maximum absolute atomic E-state index is 14.2. The number of amides is 2. The number of nitrogens with one attached hydrogen (secondary N) is 1. The monoisotopic (exact) mass is 619 g/mol. The summed E-state index contributed by atoms with van der Waals surface area (Å²) in [4.78, 5) is 29.7. The van der Waals surface area contributed by atoms with Gasteiger partial charge in [0.25, 0.3) is 5.91 Å². The number of carbonyl (C=O) groups excluding carboxylic acids is 2. The molecule has 0 saturated carbocycles. The molecule has 2 atom stereocenters. The van der Waals surface area contributed by atoms with Gasteiger partial charge in [-0.1, -0.05) is 26.0 Å². The van der Waals surface area contributed by atoms with Crippen molar-refractivity contribution >= 4 is 11.8 Å². The molecule has 2 unspecified atom stereocenters. The Morgan fingerprint density at radius 2 is 1.70 bits per heavy atom. The number of pyridine rings is 1. The number of hydrazine groups is 1. The molecule has 7 nitrogen and oxygen atoms in total. The summed E-state index contributed by atoms with van der Waals surface area (Å²) in [6, 6.07) is 6.69. The quantitative estimate of drug-likeness (QED) is 0.285. The first-order valence-corrected chi connectivity index (χ1v) is 13.7. The van der Waals surface area contributed by atoms with Crippen LogP contribution < -0.4 is 11.1 Å². The van der Waals surface area contributed by atoms with Gasteiger partial charge in [-0.25, -0.2) is 18.2 Å². The average Bonchev–Trinajstić information content (AvgIpc) is 3.22. The Balaban J connectivity index is 1.71. The van der Waals surface area contributed by atoms with Gasteiger partial charge in [0.2, 0.25) is 5.91 Å². The van der Waals surface area contributed by atoms with Gasteiger partial charge in [0.05, 0.1) is 17.3 Å². The zero-order valence-corrected chi connectivity index (χ0v) is 24.1. The number of halogens is 6. The Hall–Kier alpha value is -4.39. The number of allylic oxidation sites excluding steroid dienone is 1. The lowest BCUT2D eigenvalue weighted by Gasteiger charge is -2.33. The number of benzene rings is 2. The largest absolute Gasteiger partial charge is 0.409 e. The standard InChI is InChI=1S/C31H31F6N5O2/c1-17(2)9-22-15-27(31(35,36)37)41(3)42(22)16-28(43)40-26(12-18-10-20(32)14-21(33)11-18)29-23(5-4-8-39-29)19-6-7-25(34)24(13-19)30(38)44/h4-8,10-11,13-15,17,26-27H,9,12,16H2,1-3H3,(H2,38,44)(H,40,43). The molecule has 0 spiro atoms. The lowest BCUT2D eigenvalue weighted by atomic mass is 9.94. The Kier molecular flexibility index (Phi) is 9.67. The number of hydrogen-bond acceptors (Lipinski definition) is 5. The van der Waals surface area contributed by atoms with E-state index in [0.29, 0.717) is 22.9 Å². The summed E-state index contributed by atoms with van der Waals surface area (Å²) in [7, 11) is 1.24. The van der Waals surface area contributed by atoms with Crippen molar-refractivity contribution in [2.45, 2.75) is 44.9 Å². The van der Waals surface area contributed by atoms with Crippen LogP contribution in [0.2, 0.25) is 0 Å². The van der Waals surface area contributed by atoms with Crippen LogP contribution in [-0.2, 0) is 11.2 Å². The van der Waals surface area contributed by atoms with E-state index in [2.05, 4.69) is 10.3 Å². The molecule has 4 rings (SSSR count). The minimum absolute atomic E-state index is 0.0000959. The van der Waals surface area contributed by atoms with Crippen LogP contribution in [-0.4, -0.2) is 52.6 Å². The van der Waals surface area contributed by atoms with Crippen molar-refractivity contribution in [3.05, 3.63) is 101 Å². The Labute approximate surface area is 250 Å². The van der Waals surface area contributed by atoms with E-state index in [1.54, 1.807) is 12.1 Å². The second-order valence-corrected chi connectivity index (χ2v) is 11.0. The SMILES string of the molecule is CC(C)CC1=CC(C(F)(F)F)N(C)N1CC(=O)NC(Cc1cc(F)cc(F)c1)c1ncccc1-c1ccc(F)c(C(N)=O)c1. The average molecular weight is 620 g/mol. The van der Waals surface area contributed by atoms with Crippen molar-refractivity contribution in [3.8, 4) is 11.1 Å². The second kappa shape index (κ2) is 13.1. The molecule has 44 heavy (non-hydrogen) atoms. The van der Waals surface area contributed by atoms with Gasteiger partial charge in [-0.05, 0) is 66.3 Å². The number of nitrogens with two attached hydrogens (primary N) is 1. The van der Waals surface area contributed by atoms with Gasteiger partial charge >= 0.3 is 6.18 Å². The van der Waals surface area contributed by atoms with E-state index in [1.807, 2.05) is 13.8 Å². The van der Waals surface area contributed by atoms with Crippen molar-refractivity contribution in [2.75, 3.05) is 13.6 Å². The molecule has 2 amide bonds. The number of alkyl halides is 3. The summed E-state index contributed by atoms with van der Waals surface area (Å²) in [5, 5.41) is 4.97. The molecule has 1 aliphatic heterocycles. The van der Waals surface area contributed by atoms with E-state index in [9.17, 15) is 35.9 Å². The maximum atomic E-state index is 14.2. The summed E-state index contributed by atoms with van der Waals surface area (Å²) in [5.74, 6) is -4.24. The number of nitrogens with zero attached hydrogens (tertiary/aromatic N) is 3. The first-order valence-electron chi connectivity index (χ1n) is 13.7. The molecule has 0 bridgehead atoms. The third kappa shape index (κ3) is 7.57. The highest BCUT2D eigenvalue weighted by molar-refractivity contribution is 5.94. The fourth-order valence-electron chi connectivity index (χ4n) is 5.22. The van der Waals surface area contributed by atoms with Gasteiger partial charge < -0.3 is 16.1 Å². The van der Waals surface area contributed by atoms with E-state index >= 15 is 0 Å². The van der Waals surface area contributed by atoms with Gasteiger partial charge in [-0.2, -0.15) is 13.2 Å². The van der Waals surface area contributed by atoms with E-state index < -0.39 is 54.1 Å². The van der Waals surface area contributed by atoms with E-state index in [-0.39, 0.29) is 35.6 Å². The minimum Gasteiger partial charge on any atom is -0.366 e. The Morgan fingerprint density at radius 1 is 1.02 bits per heavy atom. The maximum Gasteiger partial charge on any atom is 0.409 e. The normalized spacial score (nSPS) is 16.3. The number of aromatic nitrogens is 1. The fourth-order valence-corrected chi connectivity index (χ4v) is 5.22. The number of hydrogen-bond donors (Lipinski definition) is 2. The second-order valence-electron chi connectivity index (χ2n) is 11.0. The first kappa shape index (κ1) is 32.5. The van der Waals surface area contributed by atoms with Crippen molar-refractivity contribution in [1.29, 1.82) is 0 Å². The molecule has 13 heteroatoms. The first-order chi connectivity index (χ1) is 20.6. The topological polar surface area (TPSA) is 91.6 Å². The molecule has 2 aromatic carbocycles. The summed E-state index contributed by atoms with van der Waals surface area (Å²) < 4.78 is 83.7. The minimum atomic E-state index is -4.58. The molecule has 2 heterocycles. The number of rotatable bonds is 10. The van der Waals surface area contributed by atoms with Crippen molar-refractivity contribution in [3.63, 3.8) is 0 Å². The molecule has 0 radical (unpaired) electrons. The molecule has 234 valence electrons. The predicted molar refractivity (Wildman–Crippen MR) is 151 cm³/mol. The highest BCUT2D eigenvalue weighted by Gasteiger charge is 2.47. The summed E-state index contributed by atoms with van der Waals surface area (Å²) >= 11 is 0. The van der Waals surface area contributed by atoms with Crippen LogP contribution in [0.4, 0.5) is 26.3 Å². The van der Waals surface area contributed by atoms with Gasteiger partial charge in [0, 0.05) is 30.6 Å². The molecule has 1 aliphatic rings. The molecule has 0 saturated heterocycles. The fraction of sp³-hybridized carbons (Fsp3) is 0.323. The summed E-state index contributed by atoms with van der Waals surface area (Å²) in [6.45, 7) is 3.20. The lowest BCUT2D eigenvalue weighted by molar-refractivity contribution is -0.188. The number of likely N-dealkylation sites (N-methyl/N-ethyl adjacent to an activating group) is 1. The summed E-state index contributed by atoms with van der Waals surface area (Å²) in [6.07, 6.45) is -1.96. The number of carbonyl (C=O) groups is 2. The highest BCUT2D eigenvalue weighted by Crippen LogP contribution is 2.35. The van der Waals surface area contributed by atoms with E-state index in [1.165, 1.54) is 30.4 Å². The van der Waals surface area contributed by atoms with Crippen molar-refractivity contribution in [2.24, 2.45) is 11.7 Å². The molecule has 3 N–H and O–H groups in total. The van der Waals surface area contributed by atoms with E-state index in [0.717, 1.165) is 29.3 Å². The molecular weight excluding hydrogens is 588 g/mol. The van der Waals surface area contributed by atoms with Gasteiger partial charge in [-0.15, -0.1) is 0 Å². The van der Waals surface area contributed by atoms with E-state index in [4.69, 9.17) is 5.73 Å². The molecule has 3 aromatic rings. The van der Waals surface area contributed by atoms with Crippen LogP contribution >= 0.6 is 0 Å². The van der Waals surface area contributed by atoms with Crippen LogP contribution in [0.3, 0.4) is 0 Å². The Bertz CT molecular complexity index is 1560. The molecule has 1 aromatic heterocycles. The predicted octanol–water partition coefficient (Wildman–Crippen LogP) is 5.69. The number of primary amides is 1. The lowest BCUT2D eigenvalue weighted by Crippen LogP contribution is -2.49. The zero-order valence-electron chi connectivity index (χ0n) is 24.1. The third-order valence-corrected chi connectivity index (χ3v) is 7.12. The van der Waals surface area contributed by atoms with Crippen molar-refractivity contribution < 1.29 is 35.9 Å². The van der Waals surface area contributed by atoms with Gasteiger partial charge in [-0.3, -0.25) is 14.6 Å². The van der Waals surface area contributed by atoms with Crippen LogP contribution in [0.1, 0.15) is 47.9 Å². The molecular formula is C31H31F6N5O2. The third-order valence-electron chi connectivity index (χ3n) is 7.12. The van der Waals surface area contributed by atoms with Crippen LogP contribution in [0.15, 0.2) is 66.5 Å². The molecule has 0 aliphatic carbocycles. The van der Waals surface area contributed by atoms with Crippen LogP contribution in [0, 0.1) is 23.4 Å².